The lowest BCUT2D eigenvalue weighted by atomic mass is 10.2. The van der Waals surface area contributed by atoms with Gasteiger partial charge in [0.1, 0.15) is 11.1 Å². The third-order valence-corrected chi connectivity index (χ3v) is 5.73. The summed E-state index contributed by atoms with van der Waals surface area (Å²) < 4.78 is 25.4. The highest BCUT2D eigenvalue weighted by molar-refractivity contribution is 7.85. The van der Waals surface area contributed by atoms with Gasteiger partial charge in [-0.2, -0.15) is 0 Å². The van der Waals surface area contributed by atoms with Gasteiger partial charge in [0, 0.05) is 28.8 Å². The molecule has 2 atom stereocenters. The molecular formula is C18H18FNO2S. The number of rotatable bonds is 4. The van der Waals surface area contributed by atoms with Gasteiger partial charge in [0.05, 0.1) is 0 Å². The molecule has 0 unspecified atom stereocenters. The van der Waals surface area contributed by atoms with Crippen LogP contribution in [0.25, 0.3) is 0 Å². The molecule has 2 aromatic rings. The van der Waals surface area contributed by atoms with Gasteiger partial charge in [0.25, 0.3) is 0 Å². The van der Waals surface area contributed by atoms with E-state index in [9.17, 15) is 13.4 Å². The fourth-order valence-corrected chi connectivity index (χ4v) is 3.89. The second kappa shape index (κ2) is 6.62. The SMILES string of the molecule is C[C@H](C(=O)N1CCc2ccccc21)[S@@](=O)Cc1ccc(F)cc1. The summed E-state index contributed by atoms with van der Waals surface area (Å²) in [4.78, 5) is 14.4. The van der Waals surface area contributed by atoms with Crippen LogP contribution in [0.4, 0.5) is 10.1 Å². The molecule has 1 amide bonds. The highest BCUT2D eigenvalue weighted by Gasteiger charge is 2.30. The van der Waals surface area contributed by atoms with Gasteiger partial charge in [-0.05, 0) is 42.7 Å². The molecule has 0 aliphatic carbocycles. The van der Waals surface area contributed by atoms with Gasteiger partial charge >= 0.3 is 0 Å². The van der Waals surface area contributed by atoms with Crippen molar-refractivity contribution < 1.29 is 13.4 Å². The number of amides is 1. The maximum Gasteiger partial charge on any atom is 0.242 e. The van der Waals surface area contributed by atoms with E-state index in [4.69, 9.17) is 0 Å². The van der Waals surface area contributed by atoms with Crippen molar-refractivity contribution in [3.05, 3.63) is 65.5 Å². The second-order valence-electron chi connectivity index (χ2n) is 5.66. The van der Waals surface area contributed by atoms with Gasteiger partial charge in [-0.3, -0.25) is 9.00 Å². The number of carbonyl (C=O) groups is 1. The largest absolute Gasteiger partial charge is 0.311 e. The summed E-state index contributed by atoms with van der Waals surface area (Å²) in [5, 5.41) is -0.591. The zero-order chi connectivity index (χ0) is 16.4. The maximum absolute atomic E-state index is 12.9. The molecular weight excluding hydrogens is 313 g/mol. The first-order chi connectivity index (χ1) is 11.1. The number of hydrogen-bond donors (Lipinski definition) is 0. The van der Waals surface area contributed by atoms with Crippen molar-refractivity contribution in [3.8, 4) is 0 Å². The summed E-state index contributed by atoms with van der Waals surface area (Å²) in [6, 6.07) is 13.7. The number of fused-ring (bicyclic) bond motifs is 1. The molecule has 0 radical (unpaired) electrons. The van der Waals surface area contributed by atoms with Crippen LogP contribution in [0.1, 0.15) is 18.1 Å². The molecule has 2 aromatic carbocycles. The van der Waals surface area contributed by atoms with E-state index in [0.29, 0.717) is 6.54 Å². The van der Waals surface area contributed by atoms with Crippen LogP contribution >= 0.6 is 0 Å². The average Bonchev–Trinajstić information content (AvgIpc) is 2.99. The smallest absolute Gasteiger partial charge is 0.242 e. The monoisotopic (exact) mass is 331 g/mol. The van der Waals surface area contributed by atoms with Crippen molar-refractivity contribution in [1.82, 2.24) is 0 Å². The lowest BCUT2D eigenvalue weighted by Crippen LogP contribution is -2.39. The minimum Gasteiger partial charge on any atom is -0.311 e. The Balaban J connectivity index is 1.70. The lowest BCUT2D eigenvalue weighted by Gasteiger charge is -2.21. The Bertz CT molecular complexity index is 745. The van der Waals surface area contributed by atoms with Crippen LogP contribution in [0.15, 0.2) is 48.5 Å². The van der Waals surface area contributed by atoms with Gasteiger partial charge in [-0.15, -0.1) is 0 Å². The molecule has 1 aliphatic heterocycles. The highest BCUT2D eigenvalue weighted by Crippen LogP contribution is 2.28. The van der Waals surface area contributed by atoms with E-state index in [0.717, 1.165) is 23.2 Å². The number of carbonyl (C=O) groups excluding carboxylic acids is 1. The van der Waals surface area contributed by atoms with Crippen LogP contribution in [0.2, 0.25) is 0 Å². The average molecular weight is 331 g/mol. The molecule has 0 bridgehead atoms. The zero-order valence-corrected chi connectivity index (χ0v) is 13.7. The third-order valence-electron chi connectivity index (χ3n) is 4.12. The number of hydrogen-bond acceptors (Lipinski definition) is 2. The molecule has 0 saturated heterocycles. The van der Waals surface area contributed by atoms with Gasteiger partial charge < -0.3 is 4.90 Å². The molecule has 5 heteroatoms. The molecule has 0 saturated carbocycles. The molecule has 23 heavy (non-hydrogen) atoms. The molecule has 3 nitrogen and oxygen atoms in total. The summed E-state index contributed by atoms with van der Waals surface area (Å²) in [6.45, 7) is 2.33. The number of halogens is 1. The minimum absolute atomic E-state index is 0.115. The van der Waals surface area contributed by atoms with Crippen LogP contribution in [0.3, 0.4) is 0 Å². The molecule has 0 fully saturated rings. The van der Waals surface area contributed by atoms with Crippen molar-refractivity contribution >= 4 is 22.4 Å². The van der Waals surface area contributed by atoms with Crippen LogP contribution in [0.5, 0.6) is 0 Å². The fourth-order valence-electron chi connectivity index (χ4n) is 2.77. The summed E-state index contributed by atoms with van der Waals surface area (Å²) in [5.41, 5.74) is 2.84. The quantitative estimate of drug-likeness (QED) is 0.863. The van der Waals surface area contributed by atoms with Crippen molar-refractivity contribution in [3.63, 3.8) is 0 Å². The summed E-state index contributed by atoms with van der Waals surface area (Å²) in [7, 11) is -1.34. The maximum atomic E-state index is 12.9. The Morgan fingerprint density at radius 1 is 1.22 bits per heavy atom. The topological polar surface area (TPSA) is 37.4 Å². The fraction of sp³-hybridized carbons (Fsp3) is 0.278. The molecule has 120 valence electrons. The number of anilines is 1. The van der Waals surface area contributed by atoms with E-state index in [-0.39, 0.29) is 17.5 Å². The van der Waals surface area contributed by atoms with E-state index >= 15 is 0 Å². The minimum atomic E-state index is -1.34. The van der Waals surface area contributed by atoms with Crippen molar-refractivity contribution in [1.29, 1.82) is 0 Å². The highest BCUT2D eigenvalue weighted by atomic mass is 32.2. The number of benzene rings is 2. The predicted molar refractivity (Wildman–Crippen MR) is 90.2 cm³/mol. The molecule has 0 N–H and O–H groups in total. The van der Waals surface area contributed by atoms with E-state index < -0.39 is 16.0 Å². The van der Waals surface area contributed by atoms with Crippen molar-refractivity contribution in [2.24, 2.45) is 0 Å². The predicted octanol–water partition coefficient (Wildman–Crippen LogP) is 3.05. The van der Waals surface area contributed by atoms with Gasteiger partial charge in [-0.25, -0.2) is 4.39 Å². The second-order valence-corrected chi connectivity index (χ2v) is 7.42. The van der Waals surface area contributed by atoms with Crippen LogP contribution < -0.4 is 4.90 Å². The Morgan fingerprint density at radius 2 is 1.91 bits per heavy atom. The van der Waals surface area contributed by atoms with Crippen molar-refractivity contribution in [2.45, 2.75) is 24.3 Å². The molecule has 1 heterocycles. The van der Waals surface area contributed by atoms with Crippen molar-refractivity contribution in [2.75, 3.05) is 11.4 Å². The van der Waals surface area contributed by atoms with E-state index in [1.807, 2.05) is 24.3 Å². The van der Waals surface area contributed by atoms with Gasteiger partial charge in [0.15, 0.2) is 0 Å². The van der Waals surface area contributed by atoms with Crippen LogP contribution in [-0.4, -0.2) is 21.9 Å². The Kier molecular flexibility index (Phi) is 4.57. The summed E-state index contributed by atoms with van der Waals surface area (Å²) in [6.07, 6.45) is 0.833. The molecule has 1 aliphatic rings. The van der Waals surface area contributed by atoms with E-state index in [2.05, 4.69) is 0 Å². The molecule has 0 aromatic heterocycles. The lowest BCUT2D eigenvalue weighted by molar-refractivity contribution is -0.117. The van der Waals surface area contributed by atoms with Gasteiger partial charge in [-0.1, -0.05) is 30.3 Å². The Hall–Kier alpha value is -2.01. The van der Waals surface area contributed by atoms with E-state index in [1.54, 1.807) is 24.0 Å². The number of para-hydroxylation sites is 1. The molecule has 0 spiro atoms. The normalized spacial score (nSPS) is 16.0. The number of nitrogens with zero attached hydrogens (tertiary/aromatic N) is 1. The zero-order valence-electron chi connectivity index (χ0n) is 12.9. The van der Waals surface area contributed by atoms with Crippen LogP contribution in [-0.2, 0) is 27.8 Å². The molecule has 3 rings (SSSR count). The van der Waals surface area contributed by atoms with Gasteiger partial charge in [0.2, 0.25) is 5.91 Å². The Labute approximate surface area is 137 Å². The van der Waals surface area contributed by atoms with Crippen LogP contribution in [0, 0.1) is 5.82 Å². The summed E-state index contributed by atoms with van der Waals surface area (Å²) >= 11 is 0. The summed E-state index contributed by atoms with van der Waals surface area (Å²) in [5.74, 6) is -0.185. The first-order valence-corrected chi connectivity index (χ1v) is 8.95. The third kappa shape index (κ3) is 3.34. The van der Waals surface area contributed by atoms with E-state index in [1.165, 1.54) is 12.1 Å². The Morgan fingerprint density at radius 3 is 2.65 bits per heavy atom. The first kappa shape index (κ1) is 15.9. The standard InChI is InChI=1S/C18H18FNO2S/c1-13(23(22)12-14-6-8-16(19)9-7-14)18(21)20-11-10-15-4-2-3-5-17(15)20/h2-9,13H,10-12H2,1H3/t13-,23+/m1/s1. The first-order valence-electron chi connectivity index (χ1n) is 7.57.